The Hall–Kier alpha value is -2.89. The summed E-state index contributed by atoms with van der Waals surface area (Å²) < 4.78 is 0. The summed E-state index contributed by atoms with van der Waals surface area (Å²) in [6.45, 7) is 3.81. The Labute approximate surface area is 152 Å². The van der Waals surface area contributed by atoms with Crippen molar-refractivity contribution in [1.29, 1.82) is 0 Å². The standard InChI is InChI=1S/C21H23N3O2/c1-15-13-23-21-18(3-2-4-19(15)21)11-12-22-14-17-7-5-16(6-8-17)9-10-20(25)24-26/h2-10,13,22-23,26H,11-12,14H2,1H3,(H,24,25)/b10-9+. The van der Waals surface area contributed by atoms with Gasteiger partial charge in [-0.25, -0.2) is 5.48 Å². The van der Waals surface area contributed by atoms with Gasteiger partial charge in [-0.2, -0.15) is 0 Å². The van der Waals surface area contributed by atoms with Gasteiger partial charge in [0.05, 0.1) is 0 Å². The van der Waals surface area contributed by atoms with E-state index in [4.69, 9.17) is 5.21 Å². The molecule has 0 saturated carbocycles. The van der Waals surface area contributed by atoms with Crippen LogP contribution in [-0.2, 0) is 17.8 Å². The first-order chi connectivity index (χ1) is 12.7. The zero-order valence-corrected chi connectivity index (χ0v) is 14.8. The third kappa shape index (κ3) is 4.39. The number of para-hydroxylation sites is 1. The average Bonchev–Trinajstić information content (AvgIpc) is 3.06. The summed E-state index contributed by atoms with van der Waals surface area (Å²) >= 11 is 0. The lowest BCUT2D eigenvalue weighted by molar-refractivity contribution is -0.124. The van der Waals surface area contributed by atoms with Crippen molar-refractivity contribution in [3.63, 3.8) is 0 Å². The maximum Gasteiger partial charge on any atom is 0.267 e. The molecule has 0 bridgehead atoms. The minimum atomic E-state index is -0.539. The van der Waals surface area contributed by atoms with E-state index in [0.29, 0.717) is 0 Å². The molecule has 0 radical (unpaired) electrons. The molecule has 0 fully saturated rings. The van der Waals surface area contributed by atoms with Gasteiger partial charge in [0.1, 0.15) is 0 Å². The lowest BCUT2D eigenvalue weighted by Gasteiger charge is -2.07. The van der Waals surface area contributed by atoms with Crippen molar-refractivity contribution in [3.05, 3.63) is 77.0 Å². The summed E-state index contributed by atoms with van der Waals surface area (Å²) in [4.78, 5) is 14.3. The number of nitrogens with one attached hydrogen (secondary N) is 3. The number of hydrogen-bond acceptors (Lipinski definition) is 3. The number of aromatic amines is 1. The number of rotatable bonds is 7. The number of carbonyl (C=O) groups excluding carboxylic acids is 1. The van der Waals surface area contributed by atoms with Gasteiger partial charge in [-0.05, 0) is 48.2 Å². The molecule has 1 heterocycles. The number of H-pyrrole nitrogens is 1. The summed E-state index contributed by atoms with van der Waals surface area (Å²) in [6.07, 6.45) is 5.97. The highest BCUT2D eigenvalue weighted by Crippen LogP contribution is 2.21. The first-order valence-electron chi connectivity index (χ1n) is 8.65. The second kappa shape index (κ2) is 8.47. The second-order valence-electron chi connectivity index (χ2n) is 6.29. The Morgan fingerprint density at radius 3 is 2.77 bits per heavy atom. The van der Waals surface area contributed by atoms with Gasteiger partial charge >= 0.3 is 0 Å². The molecule has 4 N–H and O–H groups in total. The number of hydrogen-bond donors (Lipinski definition) is 4. The van der Waals surface area contributed by atoms with Crippen LogP contribution >= 0.6 is 0 Å². The Kier molecular flexibility index (Phi) is 5.84. The van der Waals surface area contributed by atoms with E-state index in [-0.39, 0.29) is 0 Å². The smallest absolute Gasteiger partial charge is 0.267 e. The predicted molar refractivity (Wildman–Crippen MR) is 104 cm³/mol. The van der Waals surface area contributed by atoms with Gasteiger partial charge in [-0.15, -0.1) is 0 Å². The van der Waals surface area contributed by atoms with Crippen LogP contribution in [0.5, 0.6) is 0 Å². The van der Waals surface area contributed by atoms with Crippen LogP contribution < -0.4 is 10.8 Å². The predicted octanol–water partition coefficient (Wildman–Crippen LogP) is 3.33. The molecule has 0 saturated heterocycles. The van der Waals surface area contributed by atoms with Crippen molar-refractivity contribution in [2.24, 2.45) is 0 Å². The maximum absolute atomic E-state index is 11.0. The first-order valence-corrected chi connectivity index (χ1v) is 8.65. The number of hydroxylamine groups is 1. The van der Waals surface area contributed by atoms with Crippen LogP contribution in [0.2, 0.25) is 0 Å². The first kappa shape index (κ1) is 17.9. The third-order valence-electron chi connectivity index (χ3n) is 4.43. The topological polar surface area (TPSA) is 77.2 Å². The van der Waals surface area contributed by atoms with Gasteiger partial charge < -0.3 is 10.3 Å². The summed E-state index contributed by atoms with van der Waals surface area (Å²) in [5.41, 5.74) is 7.49. The highest BCUT2D eigenvalue weighted by molar-refractivity contribution is 5.90. The molecule has 0 unspecified atom stereocenters. The summed E-state index contributed by atoms with van der Waals surface area (Å²) in [5.74, 6) is -0.539. The van der Waals surface area contributed by atoms with Crippen LogP contribution in [0.15, 0.2) is 54.7 Å². The van der Waals surface area contributed by atoms with Crippen molar-refractivity contribution in [1.82, 2.24) is 15.8 Å². The Balaban J connectivity index is 1.50. The molecule has 3 aromatic rings. The van der Waals surface area contributed by atoms with Crippen LogP contribution in [0.1, 0.15) is 22.3 Å². The van der Waals surface area contributed by atoms with E-state index < -0.39 is 5.91 Å². The molecule has 0 atom stereocenters. The van der Waals surface area contributed by atoms with Crippen LogP contribution in [0.3, 0.4) is 0 Å². The monoisotopic (exact) mass is 349 g/mol. The van der Waals surface area contributed by atoms with Crippen molar-refractivity contribution in [3.8, 4) is 0 Å². The van der Waals surface area contributed by atoms with Crippen molar-refractivity contribution < 1.29 is 10.0 Å². The van der Waals surface area contributed by atoms with Crippen LogP contribution in [0.4, 0.5) is 0 Å². The molecule has 0 aliphatic heterocycles. The van der Waals surface area contributed by atoms with E-state index in [2.05, 4.69) is 41.6 Å². The van der Waals surface area contributed by atoms with E-state index in [0.717, 1.165) is 25.1 Å². The molecule has 0 aliphatic carbocycles. The molecule has 5 nitrogen and oxygen atoms in total. The van der Waals surface area contributed by atoms with E-state index >= 15 is 0 Å². The highest BCUT2D eigenvalue weighted by Gasteiger charge is 2.04. The number of fused-ring (bicyclic) bond motifs is 1. The van der Waals surface area contributed by atoms with Crippen molar-refractivity contribution in [2.45, 2.75) is 19.9 Å². The van der Waals surface area contributed by atoms with Gasteiger partial charge in [-0.1, -0.05) is 42.5 Å². The zero-order valence-electron chi connectivity index (χ0n) is 14.8. The fraction of sp³-hybridized carbons (Fsp3) is 0.190. The molecule has 5 heteroatoms. The summed E-state index contributed by atoms with van der Waals surface area (Å²) in [6, 6.07) is 14.4. The lowest BCUT2D eigenvalue weighted by atomic mass is 10.1. The normalized spacial score (nSPS) is 11.3. The molecule has 1 aromatic heterocycles. The lowest BCUT2D eigenvalue weighted by Crippen LogP contribution is -2.16. The minimum absolute atomic E-state index is 0.539. The second-order valence-corrected chi connectivity index (χ2v) is 6.29. The molecule has 0 aliphatic rings. The quantitative estimate of drug-likeness (QED) is 0.229. The molecular formula is C21H23N3O2. The number of aryl methyl sites for hydroxylation is 1. The van der Waals surface area contributed by atoms with E-state index in [9.17, 15) is 4.79 Å². The molecule has 26 heavy (non-hydrogen) atoms. The Morgan fingerprint density at radius 2 is 2.00 bits per heavy atom. The number of amides is 1. The van der Waals surface area contributed by atoms with Gasteiger partial charge in [0.25, 0.3) is 5.91 Å². The summed E-state index contributed by atoms with van der Waals surface area (Å²) in [5, 5.41) is 13.2. The molecule has 134 valence electrons. The van der Waals surface area contributed by atoms with Crippen LogP contribution in [-0.4, -0.2) is 22.6 Å². The molecule has 0 spiro atoms. The van der Waals surface area contributed by atoms with Crippen molar-refractivity contribution in [2.75, 3.05) is 6.54 Å². The zero-order chi connectivity index (χ0) is 18.4. The van der Waals surface area contributed by atoms with Gasteiger partial charge in [0.2, 0.25) is 0 Å². The van der Waals surface area contributed by atoms with Gasteiger partial charge in [-0.3, -0.25) is 10.0 Å². The SMILES string of the molecule is Cc1c[nH]c2c(CCNCc3ccc(/C=C/C(=O)NO)cc3)cccc12. The number of aromatic nitrogens is 1. The Bertz CT molecular complexity index is 911. The van der Waals surface area contributed by atoms with Crippen LogP contribution in [0.25, 0.3) is 17.0 Å². The Morgan fingerprint density at radius 1 is 1.19 bits per heavy atom. The fourth-order valence-corrected chi connectivity index (χ4v) is 2.98. The third-order valence-corrected chi connectivity index (χ3v) is 4.43. The summed E-state index contributed by atoms with van der Waals surface area (Å²) in [7, 11) is 0. The highest BCUT2D eigenvalue weighted by atomic mass is 16.5. The minimum Gasteiger partial charge on any atom is -0.361 e. The molecular weight excluding hydrogens is 326 g/mol. The van der Waals surface area contributed by atoms with E-state index in [1.54, 1.807) is 11.6 Å². The number of carbonyl (C=O) groups is 1. The number of benzene rings is 2. The van der Waals surface area contributed by atoms with Gasteiger partial charge in [0.15, 0.2) is 0 Å². The maximum atomic E-state index is 11.0. The van der Waals surface area contributed by atoms with Crippen molar-refractivity contribution >= 4 is 22.9 Å². The van der Waals surface area contributed by atoms with E-state index in [1.165, 1.54) is 33.7 Å². The molecule has 2 aromatic carbocycles. The molecule has 3 rings (SSSR count). The largest absolute Gasteiger partial charge is 0.361 e. The fourth-order valence-electron chi connectivity index (χ4n) is 2.98. The van der Waals surface area contributed by atoms with Crippen LogP contribution in [0, 0.1) is 6.92 Å². The van der Waals surface area contributed by atoms with E-state index in [1.807, 2.05) is 24.3 Å². The molecule has 1 amide bonds. The van der Waals surface area contributed by atoms with Gasteiger partial charge in [0, 0.05) is 29.7 Å². The average molecular weight is 349 g/mol.